The molecule has 1 N–H and O–H groups in total. The van der Waals surface area contributed by atoms with E-state index < -0.39 is 0 Å². The number of rotatable bonds is 2. The van der Waals surface area contributed by atoms with Crippen molar-refractivity contribution in [2.75, 3.05) is 13.2 Å². The van der Waals surface area contributed by atoms with Crippen molar-refractivity contribution in [1.29, 1.82) is 0 Å². The van der Waals surface area contributed by atoms with Gasteiger partial charge < -0.3 is 9.84 Å². The second-order valence-corrected chi connectivity index (χ2v) is 4.61. The molecule has 0 unspecified atom stereocenters. The second kappa shape index (κ2) is 4.94. The zero-order valence-corrected chi connectivity index (χ0v) is 10.7. The van der Waals surface area contributed by atoms with Crippen LogP contribution in [0.25, 0.3) is 6.08 Å². The van der Waals surface area contributed by atoms with Gasteiger partial charge in [-0.1, -0.05) is 17.7 Å². The number of aryl methyl sites for hydroxylation is 1. The van der Waals surface area contributed by atoms with E-state index in [-0.39, 0.29) is 6.61 Å². The summed E-state index contributed by atoms with van der Waals surface area (Å²) in [5.74, 6) is 0.898. The number of benzene rings is 1. The molecule has 17 heavy (non-hydrogen) atoms. The van der Waals surface area contributed by atoms with E-state index in [4.69, 9.17) is 21.4 Å². The molecule has 0 aromatic heterocycles. The first-order valence-corrected chi connectivity index (χ1v) is 5.91. The molecular weight excluding hydrogens is 236 g/mol. The minimum absolute atomic E-state index is 0.0462. The maximum absolute atomic E-state index is 8.89. The third kappa shape index (κ3) is 2.54. The Morgan fingerprint density at radius 2 is 2.29 bits per heavy atom. The maximum Gasteiger partial charge on any atom is 0.130 e. The van der Waals surface area contributed by atoms with Gasteiger partial charge in [0.1, 0.15) is 12.4 Å². The zero-order valence-electron chi connectivity index (χ0n) is 9.96. The van der Waals surface area contributed by atoms with Gasteiger partial charge in [-0.05, 0) is 48.8 Å². The van der Waals surface area contributed by atoms with Crippen LogP contribution in [0.5, 0.6) is 5.75 Å². The van der Waals surface area contributed by atoms with Crippen LogP contribution in [0.15, 0.2) is 29.4 Å². The lowest BCUT2D eigenvalue weighted by molar-refractivity contribution is 0.338. The number of aliphatic hydroxyl groups is 1. The standard InChI is InChI=1S/C14H15ClO2/c1-9(3-4-16)12-6-11-7-13(15)5-10(2)14(11)17-8-12/h3,5-7,16H,4,8H2,1-2H3/b9-3-. The molecule has 0 bridgehead atoms. The third-order valence-electron chi connectivity index (χ3n) is 2.87. The molecule has 1 aromatic carbocycles. The predicted octanol–water partition coefficient (Wildman–Crippen LogP) is 3.36. The summed E-state index contributed by atoms with van der Waals surface area (Å²) >= 11 is 6.03. The minimum Gasteiger partial charge on any atom is -0.488 e. The van der Waals surface area contributed by atoms with Crippen LogP contribution in [0.3, 0.4) is 0 Å². The van der Waals surface area contributed by atoms with Crippen LogP contribution < -0.4 is 4.74 Å². The SMILES string of the molecule is C/C(=C/CO)C1=Cc2cc(Cl)cc(C)c2OC1. The summed E-state index contributed by atoms with van der Waals surface area (Å²) in [6.07, 6.45) is 3.84. The molecule has 1 aliphatic rings. The van der Waals surface area contributed by atoms with Gasteiger partial charge in [-0.3, -0.25) is 0 Å². The van der Waals surface area contributed by atoms with Crippen molar-refractivity contribution >= 4 is 17.7 Å². The summed E-state index contributed by atoms with van der Waals surface area (Å²) in [5, 5.41) is 9.60. The molecule has 0 amide bonds. The van der Waals surface area contributed by atoms with Crippen molar-refractivity contribution in [3.63, 3.8) is 0 Å². The zero-order chi connectivity index (χ0) is 12.4. The topological polar surface area (TPSA) is 29.5 Å². The van der Waals surface area contributed by atoms with Gasteiger partial charge in [-0.25, -0.2) is 0 Å². The summed E-state index contributed by atoms with van der Waals surface area (Å²) in [5.41, 5.74) is 4.16. The van der Waals surface area contributed by atoms with E-state index in [2.05, 4.69) is 6.08 Å². The third-order valence-corrected chi connectivity index (χ3v) is 3.09. The van der Waals surface area contributed by atoms with E-state index in [1.54, 1.807) is 6.08 Å². The molecule has 2 nitrogen and oxygen atoms in total. The van der Waals surface area contributed by atoms with Crippen LogP contribution in [-0.4, -0.2) is 18.3 Å². The van der Waals surface area contributed by atoms with Gasteiger partial charge in [0, 0.05) is 10.6 Å². The van der Waals surface area contributed by atoms with Crippen molar-refractivity contribution in [2.45, 2.75) is 13.8 Å². The van der Waals surface area contributed by atoms with Crippen molar-refractivity contribution in [3.05, 3.63) is 45.5 Å². The number of halogens is 1. The van der Waals surface area contributed by atoms with Crippen molar-refractivity contribution in [2.24, 2.45) is 0 Å². The van der Waals surface area contributed by atoms with Gasteiger partial charge >= 0.3 is 0 Å². The average molecular weight is 251 g/mol. The number of aliphatic hydroxyl groups excluding tert-OH is 1. The molecule has 0 saturated heterocycles. The van der Waals surface area contributed by atoms with E-state index in [1.807, 2.05) is 26.0 Å². The molecule has 90 valence electrons. The average Bonchev–Trinajstić information content (AvgIpc) is 2.28. The van der Waals surface area contributed by atoms with Gasteiger partial charge in [0.15, 0.2) is 0 Å². The highest BCUT2D eigenvalue weighted by atomic mass is 35.5. The Labute approximate surface area is 106 Å². The molecule has 3 heteroatoms. The van der Waals surface area contributed by atoms with Gasteiger partial charge in [-0.2, -0.15) is 0 Å². The largest absolute Gasteiger partial charge is 0.488 e. The summed E-state index contributed by atoms with van der Waals surface area (Å²) in [6.45, 7) is 4.54. The molecule has 0 aliphatic carbocycles. The van der Waals surface area contributed by atoms with Crippen LogP contribution in [0.4, 0.5) is 0 Å². The highest BCUT2D eigenvalue weighted by Crippen LogP contribution is 2.34. The molecule has 2 rings (SSSR count). The fourth-order valence-electron chi connectivity index (χ4n) is 1.94. The smallest absolute Gasteiger partial charge is 0.130 e. The number of hydrogen-bond acceptors (Lipinski definition) is 2. The van der Waals surface area contributed by atoms with Gasteiger partial charge in [0.05, 0.1) is 6.61 Å². The lowest BCUT2D eigenvalue weighted by Crippen LogP contribution is -2.09. The summed E-state index contributed by atoms with van der Waals surface area (Å²) in [7, 11) is 0. The summed E-state index contributed by atoms with van der Waals surface area (Å²) < 4.78 is 5.74. The highest BCUT2D eigenvalue weighted by molar-refractivity contribution is 6.30. The molecule has 1 aromatic rings. The number of fused-ring (bicyclic) bond motifs is 1. The van der Waals surface area contributed by atoms with Crippen LogP contribution >= 0.6 is 11.6 Å². The molecule has 1 heterocycles. The number of ether oxygens (including phenoxy) is 1. The van der Waals surface area contributed by atoms with E-state index >= 15 is 0 Å². The monoisotopic (exact) mass is 250 g/mol. The first-order valence-electron chi connectivity index (χ1n) is 5.53. The first kappa shape index (κ1) is 12.2. The Morgan fingerprint density at radius 3 is 3.00 bits per heavy atom. The first-order chi connectivity index (χ1) is 8.11. The summed E-state index contributed by atoms with van der Waals surface area (Å²) in [4.78, 5) is 0. The van der Waals surface area contributed by atoms with Crippen LogP contribution in [0.1, 0.15) is 18.1 Å². The van der Waals surface area contributed by atoms with Crippen LogP contribution in [-0.2, 0) is 0 Å². The van der Waals surface area contributed by atoms with Gasteiger partial charge in [-0.15, -0.1) is 0 Å². The van der Waals surface area contributed by atoms with Crippen LogP contribution in [0.2, 0.25) is 5.02 Å². The Kier molecular flexibility index (Phi) is 3.55. The maximum atomic E-state index is 8.89. The minimum atomic E-state index is 0.0462. The van der Waals surface area contributed by atoms with E-state index in [9.17, 15) is 0 Å². The Bertz CT molecular complexity index is 501. The Balaban J connectivity index is 2.44. The molecule has 0 spiro atoms. The number of hydrogen-bond donors (Lipinski definition) is 1. The normalized spacial score (nSPS) is 15.1. The summed E-state index contributed by atoms with van der Waals surface area (Å²) in [6, 6.07) is 3.80. The fraction of sp³-hybridized carbons (Fsp3) is 0.286. The van der Waals surface area contributed by atoms with E-state index in [0.29, 0.717) is 11.6 Å². The molecule has 1 aliphatic heterocycles. The molecule has 0 fully saturated rings. The predicted molar refractivity (Wildman–Crippen MR) is 70.5 cm³/mol. The second-order valence-electron chi connectivity index (χ2n) is 4.17. The molecule has 0 radical (unpaired) electrons. The van der Waals surface area contributed by atoms with Crippen molar-refractivity contribution < 1.29 is 9.84 Å². The van der Waals surface area contributed by atoms with Crippen molar-refractivity contribution in [3.8, 4) is 5.75 Å². The van der Waals surface area contributed by atoms with Gasteiger partial charge in [0.25, 0.3) is 0 Å². The Hall–Kier alpha value is -1.25. The highest BCUT2D eigenvalue weighted by Gasteiger charge is 2.15. The van der Waals surface area contributed by atoms with E-state index in [0.717, 1.165) is 28.0 Å². The van der Waals surface area contributed by atoms with Crippen LogP contribution in [0, 0.1) is 6.92 Å². The molecular formula is C14H15ClO2. The Morgan fingerprint density at radius 1 is 1.53 bits per heavy atom. The molecule has 0 atom stereocenters. The lowest BCUT2D eigenvalue weighted by Gasteiger charge is -2.20. The van der Waals surface area contributed by atoms with Gasteiger partial charge in [0.2, 0.25) is 0 Å². The van der Waals surface area contributed by atoms with Crippen molar-refractivity contribution in [1.82, 2.24) is 0 Å². The molecule has 0 saturated carbocycles. The lowest BCUT2D eigenvalue weighted by atomic mass is 10.00. The fourth-order valence-corrected chi connectivity index (χ4v) is 2.22. The van der Waals surface area contributed by atoms with E-state index in [1.165, 1.54) is 0 Å². The quantitative estimate of drug-likeness (QED) is 0.872.